The Balaban J connectivity index is 1.14. The Labute approximate surface area is 258 Å². The van der Waals surface area contributed by atoms with E-state index in [-0.39, 0.29) is 0 Å². The number of piperazine rings is 1. The van der Waals surface area contributed by atoms with Gasteiger partial charge < -0.3 is 39.5 Å². The fourth-order valence-corrected chi connectivity index (χ4v) is 7.91. The summed E-state index contributed by atoms with van der Waals surface area (Å²) in [5, 5.41) is 8.41. The van der Waals surface area contributed by atoms with Gasteiger partial charge in [0, 0.05) is 62.4 Å². The van der Waals surface area contributed by atoms with E-state index in [0.717, 1.165) is 79.1 Å². The summed E-state index contributed by atoms with van der Waals surface area (Å²) in [5.74, 6) is 2.54. The molecular weight excluding hydrogens is 575 g/mol. The lowest BCUT2D eigenvalue weighted by molar-refractivity contribution is 0.0822. The van der Waals surface area contributed by atoms with Crippen molar-refractivity contribution in [3.05, 3.63) is 48.7 Å². The molecule has 11 nitrogen and oxygen atoms in total. The quantitative estimate of drug-likeness (QED) is 0.253. The maximum absolute atomic E-state index is 13.0. The van der Waals surface area contributed by atoms with Gasteiger partial charge in [0.05, 0.1) is 35.6 Å². The second-order valence-corrected chi connectivity index (χ2v) is 15.6. The van der Waals surface area contributed by atoms with Crippen LogP contribution in [0.5, 0.6) is 11.5 Å². The van der Waals surface area contributed by atoms with Gasteiger partial charge in [-0.2, -0.15) is 9.97 Å². The number of aromatic amines is 1. The molecule has 232 valence electrons. The van der Waals surface area contributed by atoms with Crippen molar-refractivity contribution >= 4 is 52.3 Å². The molecule has 2 atom stereocenters. The lowest BCUT2D eigenvalue weighted by atomic mass is 9.93. The minimum atomic E-state index is -2.52. The Morgan fingerprint density at radius 1 is 1.00 bits per heavy atom. The number of likely N-dealkylation sites (N-methyl/N-ethyl adjacent to an activating group) is 1. The standard InChI is InChI=1S/C32H41N8O3P/c1-38-13-15-39(16-14-38)21-10-12-40-22(17-21)20-43-28-18-25(27(42-2)19-26(28)40)35-32-36-30-23(9-11-33-30)31(37-32)34-24-7-5-6-8-29(24)44(3,4)41/h5-9,11,18-19,21-22H,10,12-17,20H2,1-4H3,(H3,33,34,35,36,37)/t21-,22-/m1/s1. The Morgan fingerprint density at radius 3 is 2.61 bits per heavy atom. The normalized spacial score (nSPS) is 21.0. The predicted molar refractivity (Wildman–Crippen MR) is 178 cm³/mol. The molecule has 12 heteroatoms. The zero-order chi connectivity index (χ0) is 30.4. The molecule has 0 radical (unpaired) electrons. The molecule has 2 aromatic carbocycles. The number of rotatable bonds is 7. The molecule has 4 aromatic rings. The lowest BCUT2D eigenvalue weighted by Crippen LogP contribution is -2.57. The summed E-state index contributed by atoms with van der Waals surface area (Å²) in [6.45, 7) is 9.78. The third kappa shape index (κ3) is 5.60. The highest BCUT2D eigenvalue weighted by atomic mass is 31.2. The second kappa shape index (κ2) is 11.6. The number of hydrogen-bond acceptors (Lipinski definition) is 10. The molecule has 0 aliphatic carbocycles. The van der Waals surface area contributed by atoms with Crippen molar-refractivity contribution in [2.45, 2.75) is 24.9 Å². The molecule has 0 unspecified atom stereocenters. The van der Waals surface area contributed by atoms with Crippen LogP contribution in [0.15, 0.2) is 48.7 Å². The van der Waals surface area contributed by atoms with E-state index in [4.69, 9.17) is 19.4 Å². The average Bonchev–Trinajstić information content (AvgIpc) is 3.50. The summed E-state index contributed by atoms with van der Waals surface area (Å²) >= 11 is 0. The van der Waals surface area contributed by atoms with Crippen molar-refractivity contribution in [2.75, 3.05) is 82.4 Å². The van der Waals surface area contributed by atoms with Crippen molar-refractivity contribution < 1.29 is 14.0 Å². The summed E-state index contributed by atoms with van der Waals surface area (Å²) in [5.41, 5.74) is 3.24. The number of fused-ring (bicyclic) bond motifs is 4. The molecule has 7 rings (SSSR count). The van der Waals surface area contributed by atoms with Crippen LogP contribution in [0.1, 0.15) is 12.8 Å². The Bertz CT molecular complexity index is 1710. The second-order valence-electron chi connectivity index (χ2n) is 12.4. The predicted octanol–water partition coefficient (Wildman–Crippen LogP) is 4.68. The van der Waals surface area contributed by atoms with Gasteiger partial charge in [-0.05, 0) is 51.4 Å². The summed E-state index contributed by atoms with van der Waals surface area (Å²) in [4.78, 5) is 20.4. The van der Waals surface area contributed by atoms with Gasteiger partial charge in [0.15, 0.2) is 0 Å². The number of nitrogens with zero attached hydrogens (tertiary/aromatic N) is 5. The fraction of sp³-hybridized carbons (Fsp3) is 0.438. The number of methoxy groups -OCH3 is 1. The summed E-state index contributed by atoms with van der Waals surface area (Å²) in [7, 11) is 1.37. The van der Waals surface area contributed by atoms with Gasteiger partial charge in [0.1, 0.15) is 36.7 Å². The van der Waals surface area contributed by atoms with Crippen LogP contribution in [0.3, 0.4) is 0 Å². The van der Waals surface area contributed by atoms with Crippen molar-refractivity contribution in [3.8, 4) is 11.5 Å². The van der Waals surface area contributed by atoms with E-state index in [9.17, 15) is 4.57 Å². The van der Waals surface area contributed by atoms with E-state index in [1.54, 1.807) is 20.4 Å². The van der Waals surface area contributed by atoms with E-state index in [2.05, 4.69) is 43.4 Å². The Kier molecular flexibility index (Phi) is 7.64. The monoisotopic (exact) mass is 616 g/mol. The zero-order valence-electron chi connectivity index (χ0n) is 25.8. The number of hydrogen-bond donors (Lipinski definition) is 3. The van der Waals surface area contributed by atoms with Crippen molar-refractivity contribution in [1.82, 2.24) is 24.8 Å². The van der Waals surface area contributed by atoms with Gasteiger partial charge in [-0.1, -0.05) is 12.1 Å². The third-order valence-electron chi connectivity index (χ3n) is 9.16. The number of benzene rings is 2. The van der Waals surface area contributed by atoms with E-state index in [0.29, 0.717) is 41.9 Å². The minimum absolute atomic E-state index is 0.348. The van der Waals surface area contributed by atoms with Gasteiger partial charge in [-0.15, -0.1) is 0 Å². The van der Waals surface area contributed by atoms with Crippen LogP contribution in [-0.4, -0.2) is 104 Å². The number of anilines is 5. The number of ether oxygens (including phenoxy) is 2. The van der Waals surface area contributed by atoms with Gasteiger partial charge in [-0.3, -0.25) is 4.90 Å². The van der Waals surface area contributed by atoms with Gasteiger partial charge in [-0.25, -0.2) is 0 Å². The molecule has 2 saturated heterocycles. The van der Waals surface area contributed by atoms with Crippen LogP contribution in [0.2, 0.25) is 0 Å². The Morgan fingerprint density at radius 2 is 1.82 bits per heavy atom. The van der Waals surface area contributed by atoms with Crippen LogP contribution in [0, 0.1) is 0 Å². The maximum Gasteiger partial charge on any atom is 0.231 e. The molecule has 0 bridgehead atoms. The first-order valence-electron chi connectivity index (χ1n) is 15.3. The highest BCUT2D eigenvalue weighted by Crippen LogP contribution is 2.45. The first kappa shape index (κ1) is 29.0. The molecule has 5 heterocycles. The minimum Gasteiger partial charge on any atom is -0.494 e. The first-order chi connectivity index (χ1) is 21.3. The molecule has 44 heavy (non-hydrogen) atoms. The van der Waals surface area contributed by atoms with Crippen molar-refractivity contribution in [3.63, 3.8) is 0 Å². The molecule has 2 aromatic heterocycles. The molecule has 3 N–H and O–H groups in total. The average molecular weight is 617 g/mol. The molecular formula is C32H41N8O3P. The lowest BCUT2D eigenvalue weighted by Gasteiger charge is -2.48. The highest BCUT2D eigenvalue weighted by Gasteiger charge is 2.37. The molecule has 2 fully saturated rings. The molecule has 0 amide bonds. The molecule has 3 aliphatic rings. The van der Waals surface area contributed by atoms with E-state index >= 15 is 0 Å². The molecule has 0 saturated carbocycles. The van der Waals surface area contributed by atoms with Gasteiger partial charge in [0.25, 0.3) is 0 Å². The van der Waals surface area contributed by atoms with Crippen LogP contribution in [-0.2, 0) is 4.57 Å². The maximum atomic E-state index is 13.0. The van der Waals surface area contributed by atoms with Crippen LogP contribution in [0.25, 0.3) is 11.0 Å². The summed E-state index contributed by atoms with van der Waals surface area (Å²) in [6, 6.07) is 14.6. The fourth-order valence-electron chi connectivity index (χ4n) is 6.75. The van der Waals surface area contributed by atoms with Gasteiger partial charge >= 0.3 is 0 Å². The van der Waals surface area contributed by atoms with Gasteiger partial charge in [0.2, 0.25) is 5.95 Å². The number of aromatic nitrogens is 3. The van der Waals surface area contributed by atoms with Crippen molar-refractivity contribution in [1.29, 1.82) is 0 Å². The van der Waals surface area contributed by atoms with E-state index < -0.39 is 7.14 Å². The van der Waals surface area contributed by atoms with E-state index in [1.807, 2.05) is 42.6 Å². The van der Waals surface area contributed by atoms with E-state index in [1.165, 1.54) is 0 Å². The zero-order valence-corrected chi connectivity index (χ0v) is 26.7. The third-order valence-corrected chi connectivity index (χ3v) is 10.7. The number of H-pyrrole nitrogens is 1. The van der Waals surface area contributed by atoms with Crippen molar-refractivity contribution in [2.24, 2.45) is 0 Å². The molecule has 3 aliphatic heterocycles. The largest absolute Gasteiger partial charge is 0.494 e. The SMILES string of the molecule is COc1cc2c(cc1Nc1nc(Nc3ccccc3P(C)(C)=O)c3cc[nH]c3n1)OC[C@H]1C[C@H](N3CCN(C)CC3)CCN21. The topological polar surface area (TPSA) is 111 Å². The summed E-state index contributed by atoms with van der Waals surface area (Å²) < 4.78 is 25.3. The Hall–Kier alpha value is -3.79. The smallest absolute Gasteiger partial charge is 0.231 e. The molecule has 0 spiro atoms. The first-order valence-corrected chi connectivity index (χ1v) is 17.9. The van der Waals surface area contributed by atoms with Crippen LogP contribution < -0.4 is 30.3 Å². The number of piperidine rings is 1. The van der Waals surface area contributed by atoms with Crippen LogP contribution >= 0.6 is 7.14 Å². The highest BCUT2D eigenvalue weighted by molar-refractivity contribution is 7.70. The van der Waals surface area contributed by atoms with Crippen LogP contribution in [0.4, 0.5) is 28.8 Å². The summed E-state index contributed by atoms with van der Waals surface area (Å²) in [6.07, 6.45) is 4.09. The number of nitrogens with one attached hydrogen (secondary N) is 3. The number of para-hydroxylation sites is 1.